The summed E-state index contributed by atoms with van der Waals surface area (Å²) >= 11 is 0. The molecule has 0 saturated carbocycles. The number of benzene rings is 2. The molecule has 5 nitrogen and oxygen atoms in total. The average molecular weight is 392 g/mol. The second kappa shape index (κ2) is 7.99. The Balaban J connectivity index is 1.59. The lowest BCUT2D eigenvalue weighted by molar-refractivity contribution is -0.157. The highest BCUT2D eigenvalue weighted by Gasteiger charge is 2.60. The van der Waals surface area contributed by atoms with Crippen molar-refractivity contribution in [3.05, 3.63) is 71.3 Å². The molecule has 3 atom stereocenters. The molecule has 0 aromatic heterocycles. The number of hydrogen-bond donors (Lipinski definition) is 1. The molecule has 0 radical (unpaired) electrons. The average Bonchev–Trinajstić information content (AvgIpc) is 3.24. The first-order valence-electron chi connectivity index (χ1n) is 10.4. The predicted octanol–water partition coefficient (Wildman–Crippen LogP) is 3.31. The minimum absolute atomic E-state index is 0.0647. The van der Waals surface area contributed by atoms with E-state index >= 15 is 0 Å². The molecule has 0 spiro atoms. The van der Waals surface area contributed by atoms with E-state index < -0.39 is 11.3 Å². The summed E-state index contributed by atoms with van der Waals surface area (Å²) in [5.41, 5.74) is 7.69. The highest BCUT2D eigenvalue weighted by Crippen LogP contribution is 2.52. The largest absolute Gasteiger partial charge is 0.466 e. The number of carbonyl (C=O) groups excluding carboxylic acids is 2. The zero-order valence-corrected chi connectivity index (χ0v) is 16.8. The molecule has 2 aliphatic rings. The van der Waals surface area contributed by atoms with Crippen molar-refractivity contribution in [1.82, 2.24) is 4.90 Å². The lowest BCUT2D eigenvalue weighted by Gasteiger charge is -2.35. The number of primary amides is 1. The molecule has 0 unspecified atom stereocenters. The van der Waals surface area contributed by atoms with E-state index in [-0.39, 0.29) is 12.0 Å². The molecule has 1 amide bonds. The number of rotatable bonds is 7. The van der Waals surface area contributed by atoms with Gasteiger partial charge in [0.2, 0.25) is 5.91 Å². The fourth-order valence-electron chi connectivity index (χ4n) is 5.25. The molecule has 0 aliphatic carbocycles. The number of ether oxygens (including phenoxy) is 1. The van der Waals surface area contributed by atoms with Gasteiger partial charge in [-0.3, -0.25) is 14.5 Å². The predicted molar refractivity (Wildman–Crippen MR) is 111 cm³/mol. The maximum atomic E-state index is 13.2. The van der Waals surface area contributed by atoms with Gasteiger partial charge in [0.05, 0.1) is 12.0 Å². The first kappa shape index (κ1) is 19.6. The van der Waals surface area contributed by atoms with E-state index in [1.807, 2.05) is 37.3 Å². The molecule has 2 heterocycles. The van der Waals surface area contributed by atoms with Crippen molar-refractivity contribution in [2.45, 2.75) is 51.2 Å². The summed E-state index contributed by atoms with van der Waals surface area (Å²) in [6.07, 6.45) is 3.67. The van der Waals surface area contributed by atoms with E-state index in [2.05, 4.69) is 17.0 Å². The lowest BCUT2D eigenvalue weighted by atomic mass is 9.70. The van der Waals surface area contributed by atoms with Crippen LogP contribution in [0.3, 0.4) is 0 Å². The fourth-order valence-corrected chi connectivity index (χ4v) is 5.25. The van der Waals surface area contributed by atoms with Crippen LogP contribution in [0.4, 0.5) is 0 Å². The summed E-state index contributed by atoms with van der Waals surface area (Å²) in [6.45, 7) is 3.05. The second-order valence-electron chi connectivity index (χ2n) is 8.22. The highest BCUT2D eigenvalue weighted by molar-refractivity contribution is 5.92. The highest BCUT2D eigenvalue weighted by atomic mass is 16.5. The van der Waals surface area contributed by atoms with Gasteiger partial charge < -0.3 is 10.5 Å². The summed E-state index contributed by atoms with van der Waals surface area (Å²) in [5.74, 6) is -0.480. The summed E-state index contributed by atoms with van der Waals surface area (Å²) in [5, 5.41) is 0. The maximum Gasteiger partial charge on any atom is 0.314 e. The van der Waals surface area contributed by atoms with Gasteiger partial charge in [-0.25, -0.2) is 0 Å². The molecule has 2 bridgehead atoms. The second-order valence-corrected chi connectivity index (χ2v) is 8.22. The van der Waals surface area contributed by atoms with Gasteiger partial charge in [-0.15, -0.1) is 0 Å². The Hall–Kier alpha value is -2.66. The first-order chi connectivity index (χ1) is 14.0. The SMILES string of the molecule is CCOC(=O)[C@]1(Cc2ccccc2)C[C@@H]2CC[C@H]1N2Cc1ccc(C(N)=O)cc1. The minimum atomic E-state index is -0.493. The first-order valence-corrected chi connectivity index (χ1v) is 10.4. The summed E-state index contributed by atoms with van der Waals surface area (Å²) < 4.78 is 5.58. The third kappa shape index (κ3) is 3.67. The van der Waals surface area contributed by atoms with E-state index in [0.29, 0.717) is 24.6 Å². The van der Waals surface area contributed by atoms with Crippen molar-refractivity contribution in [3.63, 3.8) is 0 Å². The molecular formula is C24H28N2O3. The van der Waals surface area contributed by atoms with Crippen LogP contribution in [-0.4, -0.2) is 35.5 Å². The molecular weight excluding hydrogens is 364 g/mol. The van der Waals surface area contributed by atoms with Gasteiger partial charge in [0, 0.05) is 24.2 Å². The molecule has 29 heavy (non-hydrogen) atoms. The topological polar surface area (TPSA) is 72.6 Å². The van der Waals surface area contributed by atoms with Crippen LogP contribution in [0.2, 0.25) is 0 Å². The summed E-state index contributed by atoms with van der Waals surface area (Å²) in [7, 11) is 0. The molecule has 2 aliphatic heterocycles. The van der Waals surface area contributed by atoms with Crippen LogP contribution in [-0.2, 0) is 22.5 Å². The Morgan fingerprint density at radius 1 is 1.07 bits per heavy atom. The van der Waals surface area contributed by atoms with Crippen LogP contribution in [0, 0.1) is 5.41 Å². The zero-order chi connectivity index (χ0) is 20.4. The molecule has 2 aromatic rings. The monoisotopic (exact) mass is 392 g/mol. The van der Waals surface area contributed by atoms with Crippen LogP contribution in [0.5, 0.6) is 0 Å². The zero-order valence-electron chi connectivity index (χ0n) is 16.8. The minimum Gasteiger partial charge on any atom is -0.466 e. The molecule has 5 heteroatoms. The van der Waals surface area contributed by atoms with E-state index in [9.17, 15) is 9.59 Å². The van der Waals surface area contributed by atoms with Crippen molar-refractivity contribution >= 4 is 11.9 Å². The Kier molecular flexibility index (Phi) is 5.41. The van der Waals surface area contributed by atoms with Crippen molar-refractivity contribution in [1.29, 1.82) is 0 Å². The van der Waals surface area contributed by atoms with Crippen LogP contribution in [0.1, 0.15) is 47.7 Å². The van der Waals surface area contributed by atoms with Gasteiger partial charge in [-0.2, -0.15) is 0 Å². The number of nitrogens with two attached hydrogens (primary N) is 1. The summed E-state index contributed by atoms with van der Waals surface area (Å²) in [4.78, 5) is 27.0. The van der Waals surface area contributed by atoms with Crippen molar-refractivity contribution in [2.75, 3.05) is 6.61 Å². The van der Waals surface area contributed by atoms with E-state index in [4.69, 9.17) is 10.5 Å². The molecule has 2 fully saturated rings. The van der Waals surface area contributed by atoms with Crippen molar-refractivity contribution in [2.24, 2.45) is 11.1 Å². The van der Waals surface area contributed by atoms with Gasteiger partial charge in [-0.05, 0) is 55.9 Å². The molecule has 4 rings (SSSR count). The smallest absolute Gasteiger partial charge is 0.314 e. The van der Waals surface area contributed by atoms with Gasteiger partial charge in [0.1, 0.15) is 0 Å². The number of amides is 1. The standard InChI is InChI=1S/C24H28N2O3/c1-2-29-23(28)24(14-17-6-4-3-5-7-17)15-20-12-13-21(24)26(20)16-18-8-10-19(11-9-18)22(25)27/h3-11,20-21H,2,12-16H2,1H3,(H2,25,27)/t20-,21+,24+/m0/s1. The number of esters is 1. The number of carbonyl (C=O) groups is 2. The quantitative estimate of drug-likeness (QED) is 0.734. The number of hydrogen-bond acceptors (Lipinski definition) is 4. The van der Waals surface area contributed by atoms with Gasteiger partial charge in [0.15, 0.2) is 0 Å². The third-order valence-corrected chi connectivity index (χ3v) is 6.53. The van der Waals surface area contributed by atoms with Crippen LogP contribution < -0.4 is 5.73 Å². The molecule has 2 N–H and O–H groups in total. The number of fused-ring (bicyclic) bond motifs is 2. The van der Waals surface area contributed by atoms with E-state index in [1.165, 1.54) is 5.56 Å². The number of nitrogens with zero attached hydrogens (tertiary/aromatic N) is 1. The normalized spacial score (nSPS) is 25.8. The maximum absolute atomic E-state index is 13.2. The Morgan fingerprint density at radius 2 is 1.79 bits per heavy atom. The van der Waals surface area contributed by atoms with Crippen LogP contribution in [0.15, 0.2) is 54.6 Å². The van der Waals surface area contributed by atoms with Crippen molar-refractivity contribution < 1.29 is 14.3 Å². The van der Waals surface area contributed by atoms with E-state index in [0.717, 1.165) is 31.4 Å². The fraction of sp³-hybridized carbons (Fsp3) is 0.417. The third-order valence-electron chi connectivity index (χ3n) is 6.53. The van der Waals surface area contributed by atoms with Gasteiger partial charge in [-0.1, -0.05) is 42.5 Å². The van der Waals surface area contributed by atoms with E-state index in [1.54, 1.807) is 12.1 Å². The van der Waals surface area contributed by atoms with Crippen LogP contribution >= 0.6 is 0 Å². The van der Waals surface area contributed by atoms with Crippen LogP contribution in [0.25, 0.3) is 0 Å². The molecule has 2 saturated heterocycles. The molecule has 2 aromatic carbocycles. The Labute approximate surface area is 171 Å². The van der Waals surface area contributed by atoms with Gasteiger partial charge in [0.25, 0.3) is 0 Å². The summed E-state index contributed by atoms with van der Waals surface area (Å²) in [6, 6.07) is 18.3. The Morgan fingerprint density at radius 3 is 2.45 bits per heavy atom. The molecule has 152 valence electrons. The van der Waals surface area contributed by atoms with Crippen molar-refractivity contribution in [3.8, 4) is 0 Å². The van der Waals surface area contributed by atoms with Gasteiger partial charge >= 0.3 is 5.97 Å². The Bertz CT molecular complexity index is 881. The lowest BCUT2D eigenvalue weighted by Crippen LogP contribution is -2.46.